The van der Waals surface area contributed by atoms with Crippen LogP contribution < -0.4 is 10.1 Å². The molecule has 1 aliphatic heterocycles. The molecule has 5 nitrogen and oxygen atoms in total. The Morgan fingerprint density at radius 3 is 2.58 bits per heavy atom. The number of nitrogens with zero attached hydrogens (tertiary/aromatic N) is 1. The van der Waals surface area contributed by atoms with Crippen LogP contribution >= 0.6 is 0 Å². The van der Waals surface area contributed by atoms with Crippen LogP contribution in [0.25, 0.3) is 10.9 Å². The average Bonchev–Trinajstić information content (AvgIpc) is 3.42. The minimum Gasteiger partial charge on any atom is -0.491 e. The maximum absolute atomic E-state index is 13.2. The maximum Gasteiger partial charge on any atom is 0.268 e. The Balaban J connectivity index is 1.65. The van der Waals surface area contributed by atoms with E-state index in [1.807, 2.05) is 24.3 Å². The van der Waals surface area contributed by atoms with E-state index in [9.17, 15) is 8.42 Å². The van der Waals surface area contributed by atoms with Gasteiger partial charge in [-0.3, -0.25) is 0 Å². The Bertz CT molecular complexity index is 1070. The van der Waals surface area contributed by atoms with Gasteiger partial charge in [-0.05, 0) is 49.1 Å². The summed E-state index contributed by atoms with van der Waals surface area (Å²) >= 11 is 0. The summed E-state index contributed by atoms with van der Waals surface area (Å²) in [4.78, 5) is 0.291. The fourth-order valence-electron chi connectivity index (χ4n) is 3.69. The molecule has 0 radical (unpaired) electrons. The first kappa shape index (κ1) is 15.9. The lowest BCUT2D eigenvalue weighted by Crippen LogP contribution is -2.37. The molecule has 6 heteroatoms. The Morgan fingerprint density at radius 1 is 1.00 bits per heavy atom. The average molecular weight is 368 g/mol. The molecule has 5 rings (SSSR count). The molecular formula is C20H20N2O3S. The molecule has 2 heterocycles. The minimum atomic E-state index is -3.64. The number of hydrogen-bond acceptors (Lipinski definition) is 4. The normalized spacial score (nSPS) is 19.9. The van der Waals surface area contributed by atoms with Crippen molar-refractivity contribution < 1.29 is 13.2 Å². The van der Waals surface area contributed by atoms with Gasteiger partial charge in [0.05, 0.1) is 10.4 Å². The van der Waals surface area contributed by atoms with Gasteiger partial charge in [0.25, 0.3) is 10.0 Å². The molecule has 1 aromatic heterocycles. The first-order valence-electron chi connectivity index (χ1n) is 8.95. The van der Waals surface area contributed by atoms with Crippen LogP contribution in [0.1, 0.15) is 18.4 Å². The number of benzene rings is 2. The zero-order chi connectivity index (χ0) is 17.7. The molecule has 0 amide bonds. The van der Waals surface area contributed by atoms with Crippen LogP contribution in [0.3, 0.4) is 0 Å². The third-order valence-electron chi connectivity index (χ3n) is 5.09. The predicted molar refractivity (Wildman–Crippen MR) is 100 cm³/mol. The van der Waals surface area contributed by atoms with E-state index in [2.05, 4.69) is 5.32 Å². The Morgan fingerprint density at radius 2 is 1.81 bits per heavy atom. The van der Waals surface area contributed by atoms with Gasteiger partial charge in [-0.1, -0.05) is 24.3 Å². The van der Waals surface area contributed by atoms with Crippen LogP contribution in [0.2, 0.25) is 0 Å². The first-order chi connectivity index (χ1) is 12.6. The fourth-order valence-corrected chi connectivity index (χ4v) is 5.09. The van der Waals surface area contributed by atoms with Crippen molar-refractivity contribution in [1.29, 1.82) is 0 Å². The molecule has 3 aromatic rings. The third kappa shape index (κ3) is 2.61. The van der Waals surface area contributed by atoms with Crippen molar-refractivity contribution in [3.05, 3.63) is 60.3 Å². The maximum atomic E-state index is 13.2. The molecule has 1 saturated carbocycles. The van der Waals surface area contributed by atoms with Gasteiger partial charge in [0.1, 0.15) is 12.4 Å². The van der Waals surface area contributed by atoms with Gasteiger partial charge >= 0.3 is 0 Å². The molecule has 2 aromatic carbocycles. The zero-order valence-corrected chi connectivity index (χ0v) is 15.1. The highest BCUT2D eigenvalue weighted by Gasteiger charge is 2.30. The summed E-state index contributed by atoms with van der Waals surface area (Å²) in [5, 5.41) is 4.52. The van der Waals surface area contributed by atoms with Crippen molar-refractivity contribution in [2.45, 2.75) is 36.2 Å². The van der Waals surface area contributed by atoms with Crippen LogP contribution in [-0.4, -0.2) is 31.1 Å². The van der Waals surface area contributed by atoms with Gasteiger partial charge in [0, 0.05) is 23.7 Å². The largest absolute Gasteiger partial charge is 0.491 e. The van der Waals surface area contributed by atoms with Gasteiger partial charge in [0.15, 0.2) is 0 Å². The molecule has 2 aliphatic rings. The van der Waals surface area contributed by atoms with Gasteiger partial charge in [0.2, 0.25) is 0 Å². The van der Waals surface area contributed by atoms with Crippen LogP contribution in [0.15, 0.2) is 59.6 Å². The lowest BCUT2D eigenvalue weighted by atomic mass is 10.1. The van der Waals surface area contributed by atoms with Crippen LogP contribution in [-0.2, 0) is 16.4 Å². The monoisotopic (exact) mass is 368 g/mol. The highest BCUT2D eigenvalue weighted by Crippen LogP contribution is 2.36. The van der Waals surface area contributed by atoms with Crippen LogP contribution in [0, 0.1) is 0 Å². The molecule has 134 valence electrons. The topological polar surface area (TPSA) is 60.3 Å². The van der Waals surface area contributed by atoms with Gasteiger partial charge in [-0.25, -0.2) is 12.4 Å². The van der Waals surface area contributed by atoms with E-state index in [1.165, 1.54) is 16.8 Å². The lowest BCUT2D eigenvalue weighted by molar-refractivity contribution is 0.269. The summed E-state index contributed by atoms with van der Waals surface area (Å²) in [7, 11) is -3.64. The van der Waals surface area contributed by atoms with E-state index in [0.717, 1.165) is 23.1 Å². The quantitative estimate of drug-likeness (QED) is 0.769. The van der Waals surface area contributed by atoms with Gasteiger partial charge in [-0.15, -0.1) is 0 Å². The zero-order valence-electron chi connectivity index (χ0n) is 14.3. The Kier molecular flexibility index (Phi) is 3.58. The second-order valence-corrected chi connectivity index (χ2v) is 8.89. The van der Waals surface area contributed by atoms with Crippen molar-refractivity contribution in [3.8, 4) is 5.75 Å². The second kappa shape index (κ2) is 5.86. The van der Waals surface area contributed by atoms with Crippen molar-refractivity contribution in [3.63, 3.8) is 0 Å². The van der Waals surface area contributed by atoms with E-state index in [0.29, 0.717) is 23.1 Å². The van der Waals surface area contributed by atoms with Gasteiger partial charge < -0.3 is 10.1 Å². The van der Waals surface area contributed by atoms with Crippen molar-refractivity contribution in [2.75, 3.05) is 6.61 Å². The predicted octanol–water partition coefficient (Wildman–Crippen LogP) is 2.93. The summed E-state index contributed by atoms with van der Waals surface area (Å²) < 4.78 is 33.8. The van der Waals surface area contributed by atoms with Crippen molar-refractivity contribution >= 4 is 20.9 Å². The highest BCUT2D eigenvalue weighted by molar-refractivity contribution is 7.90. The molecule has 1 fully saturated rings. The number of ether oxygens (including phenoxy) is 1. The number of rotatable bonds is 4. The molecular weight excluding hydrogens is 348 g/mol. The lowest BCUT2D eigenvalue weighted by Gasteiger charge is -2.16. The Hall–Kier alpha value is -2.31. The standard InChI is InChI=1S/C20H20N2O3S/c23-26(24,17-5-2-1-3-6-17)22-12-14-11-16(21-15-9-10-15)13-25-19-8-4-7-18(22)20(14)19/h1-8,12,15-16,21H,9-11,13H2. The summed E-state index contributed by atoms with van der Waals surface area (Å²) in [6.45, 7) is 0.607. The van der Waals surface area contributed by atoms with Crippen molar-refractivity contribution in [1.82, 2.24) is 9.29 Å². The van der Waals surface area contributed by atoms with E-state index in [-0.39, 0.29) is 6.04 Å². The molecule has 0 spiro atoms. The number of aromatic nitrogens is 1. The highest BCUT2D eigenvalue weighted by atomic mass is 32.2. The third-order valence-corrected chi connectivity index (χ3v) is 6.78. The fraction of sp³-hybridized carbons (Fsp3) is 0.300. The molecule has 26 heavy (non-hydrogen) atoms. The summed E-state index contributed by atoms with van der Waals surface area (Å²) in [6, 6.07) is 15.0. The summed E-state index contributed by atoms with van der Waals surface area (Å²) in [6.07, 6.45) is 4.96. The molecule has 0 bridgehead atoms. The minimum absolute atomic E-state index is 0.202. The smallest absolute Gasteiger partial charge is 0.268 e. The number of hydrogen-bond donors (Lipinski definition) is 1. The first-order valence-corrected chi connectivity index (χ1v) is 10.4. The van der Waals surface area contributed by atoms with E-state index in [4.69, 9.17) is 4.74 Å². The molecule has 1 atom stereocenters. The van der Waals surface area contributed by atoms with Gasteiger partial charge in [-0.2, -0.15) is 0 Å². The van der Waals surface area contributed by atoms with E-state index >= 15 is 0 Å². The van der Waals surface area contributed by atoms with Crippen molar-refractivity contribution in [2.24, 2.45) is 0 Å². The molecule has 1 unspecified atom stereocenters. The summed E-state index contributed by atoms with van der Waals surface area (Å²) in [5.41, 5.74) is 1.69. The van der Waals surface area contributed by atoms with E-state index < -0.39 is 10.0 Å². The van der Waals surface area contributed by atoms with E-state index in [1.54, 1.807) is 30.5 Å². The SMILES string of the molecule is O=S(=O)(c1ccccc1)n1cc2c3c(cccc31)OCC(NC1CC1)C2. The molecule has 1 aliphatic carbocycles. The summed E-state index contributed by atoms with van der Waals surface area (Å²) in [5.74, 6) is 0.764. The molecule has 0 saturated heterocycles. The van der Waals surface area contributed by atoms with Crippen LogP contribution in [0.5, 0.6) is 5.75 Å². The number of nitrogens with one attached hydrogen (secondary N) is 1. The van der Waals surface area contributed by atoms with Crippen LogP contribution in [0.4, 0.5) is 0 Å². The second-order valence-electron chi connectivity index (χ2n) is 7.07. The Labute approximate surface area is 152 Å². The molecule has 1 N–H and O–H groups in total.